The summed E-state index contributed by atoms with van der Waals surface area (Å²) in [6.07, 6.45) is -2.16. The molecule has 0 spiro atoms. The van der Waals surface area contributed by atoms with E-state index in [1.54, 1.807) is 13.8 Å². The summed E-state index contributed by atoms with van der Waals surface area (Å²) < 4.78 is 52.2. The molecule has 1 heterocycles. The van der Waals surface area contributed by atoms with Gasteiger partial charge in [0.15, 0.2) is 0 Å². The van der Waals surface area contributed by atoms with Gasteiger partial charge in [-0.1, -0.05) is 6.07 Å². The van der Waals surface area contributed by atoms with E-state index in [9.17, 15) is 32.9 Å². The van der Waals surface area contributed by atoms with Gasteiger partial charge >= 0.3 is 18.4 Å². The zero-order chi connectivity index (χ0) is 29.7. The number of alkyl halides is 3. The van der Waals surface area contributed by atoms with E-state index in [-0.39, 0.29) is 40.8 Å². The molecule has 41 heavy (non-hydrogen) atoms. The molecule has 4 rings (SSSR count). The first-order chi connectivity index (χ1) is 19.4. The number of benzene rings is 2. The molecular weight excluding hydrogens is 565 g/mol. The number of alkyl carbamates (subject to hydrolysis) is 1. The third-order valence-electron chi connectivity index (χ3n) is 6.36. The monoisotopic (exact) mass is 592 g/mol. The van der Waals surface area contributed by atoms with E-state index in [4.69, 9.17) is 9.47 Å². The maximum Gasteiger partial charge on any atom is 0.417 e. The van der Waals surface area contributed by atoms with Crippen LogP contribution in [0.15, 0.2) is 48.7 Å². The van der Waals surface area contributed by atoms with E-state index >= 15 is 0 Å². The molecule has 1 aliphatic carbocycles. The fraction of sp³-hybridized carbons (Fsp3) is 0.370. The summed E-state index contributed by atoms with van der Waals surface area (Å²) in [5.74, 6) is 0.0515. The first-order valence-electron chi connectivity index (χ1n) is 12.8. The number of hydrogen-bond donors (Lipinski definition) is 2. The molecule has 2 aromatic carbocycles. The molecule has 2 amide bonds. The molecule has 3 aromatic rings. The minimum absolute atomic E-state index is 0.0155. The number of hydrogen-bond acceptors (Lipinski definition) is 8. The molecule has 1 fully saturated rings. The smallest absolute Gasteiger partial charge is 0.417 e. The van der Waals surface area contributed by atoms with Crippen LogP contribution >= 0.6 is 11.3 Å². The number of anilines is 1. The second-order valence-electron chi connectivity index (χ2n) is 9.73. The molecule has 0 radical (unpaired) electrons. The summed E-state index contributed by atoms with van der Waals surface area (Å²) in [5, 5.41) is 16.6. The van der Waals surface area contributed by atoms with Crippen molar-refractivity contribution in [2.24, 2.45) is 0 Å². The lowest BCUT2D eigenvalue weighted by molar-refractivity contribution is -0.384. The highest BCUT2D eigenvalue weighted by molar-refractivity contribution is 7.15. The van der Waals surface area contributed by atoms with Gasteiger partial charge in [0, 0.05) is 41.5 Å². The predicted molar refractivity (Wildman–Crippen MR) is 145 cm³/mol. The normalized spacial score (nSPS) is 17.1. The van der Waals surface area contributed by atoms with Gasteiger partial charge in [-0.15, -0.1) is 11.3 Å². The number of nitro groups is 1. The third kappa shape index (κ3) is 7.93. The molecule has 218 valence electrons. The largest absolute Gasteiger partial charge is 0.447 e. The quantitative estimate of drug-likeness (QED) is 0.214. The van der Waals surface area contributed by atoms with Gasteiger partial charge in [0.25, 0.3) is 5.69 Å². The van der Waals surface area contributed by atoms with Crippen LogP contribution in [0.3, 0.4) is 0 Å². The highest BCUT2D eigenvalue weighted by Crippen LogP contribution is 2.43. The van der Waals surface area contributed by atoms with Crippen molar-refractivity contribution in [2.75, 3.05) is 5.32 Å². The number of halogens is 3. The summed E-state index contributed by atoms with van der Waals surface area (Å²) in [6.45, 7) is 3.53. The van der Waals surface area contributed by atoms with Gasteiger partial charge < -0.3 is 14.8 Å². The van der Waals surface area contributed by atoms with Crippen LogP contribution in [0.5, 0.6) is 5.75 Å². The Labute approximate surface area is 237 Å². The SMILES string of the molecule is CC(C)OC(=O)NC1CCC(c2ncc(-c3ccc(NC(=O)Oc4ccc([N+](=O)[O-])cc4)cc3C(F)(F)F)s2)CC1. The molecule has 0 atom stereocenters. The van der Waals surface area contributed by atoms with Crippen LogP contribution < -0.4 is 15.4 Å². The number of carbonyl (C=O) groups excluding carboxylic acids is 2. The number of nitro benzene ring substituents is 1. The van der Waals surface area contributed by atoms with Gasteiger partial charge in [-0.3, -0.25) is 15.4 Å². The van der Waals surface area contributed by atoms with Crippen LogP contribution in [0.4, 0.5) is 34.1 Å². The van der Waals surface area contributed by atoms with E-state index in [2.05, 4.69) is 15.6 Å². The number of nitrogens with one attached hydrogen (secondary N) is 2. The molecule has 0 bridgehead atoms. The number of non-ortho nitro benzene ring substituents is 1. The molecule has 2 N–H and O–H groups in total. The number of thiazole rings is 1. The van der Waals surface area contributed by atoms with Crippen LogP contribution in [-0.4, -0.2) is 34.2 Å². The molecule has 0 saturated heterocycles. The highest BCUT2D eigenvalue weighted by atomic mass is 32.1. The first kappa shape index (κ1) is 29.8. The van der Waals surface area contributed by atoms with Crippen molar-refractivity contribution < 1.29 is 37.2 Å². The summed E-state index contributed by atoms with van der Waals surface area (Å²) in [4.78, 5) is 39.0. The number of carbonyl (C=O) groups is 2. The zero-order valence-corrected chi connectivity index (χ0v) is 22.9. The topological polar surface area (TPSA) is 133 Å². The van der Waals surface area contributed by atoms with Gasteiger partial charge in [-0.05, 0) is 63.8 Å². The van der Waals surface area contributed by atoms with Gasteiger partial charge in [0.05, 0.1) is 26.5 Å². The Hall–Kier alpha value is -4.20. The Bertz CT molecular complexity index is 1400. The first-order valence-corrected chi connectivity index (χ1v) is 13.6. The van der Waals surface area contributed by atoms with Crippen molar-refractivity contribution in [3.8, 4) is 16.2 Å². The van der Waals surface area contributed by atoms with Gasteiger partial charge in [0.1, 0.15) is 5.75 Å². The molecule has 0 aliphatic heterocycles. The second-order valence-corrected chi connectivity index (χ2v) is 10.8. The summed E-state index contributed by atoms with van der Waals surface area (Å²) in [7, 11) is 0. The maximum atomic E-state index is 14.0. The standard InChI is InChI=1S/C27H27F3N4O6S/c1-15(2)39-25(35)32-17-5-3-16(4-6-17)24-31-14-23(41-24)21-12-7-18(13-22(21)27(28,29)30)33-26(36)40-20-10-8-19(9-11-20)34(37)38/h7-17H,3-6H2,1-2H3,(H,32,35)(H,33,36). The summed E-state index contributed by atoms with van der Waals surface area (Å²) >= 11 is 1.19. The number of ether oxygens (including phenoxy) is 2. The average Bonchev–Trinajstić information content (AvgIpc) is 3.38. The van der Waals surface area contributed by atoms with Crippen LogP contribution in [0, 0.1) is 10.1 Å². The molecule has 14 heteroatoms. The molecule has 10 nitrogen and oxygen atoms in total. The Morgan fingerprint density at radius 1 is 1.07 bits per heavy atom. The lowest BCUT2D eigenvalue weighted by Crippen LogP contribution is -2.38. The highest BCUT2D eigenvalue weighted by Gasteiger charge is 2.35. The number of amides is 2. The molecular formula is C27H27F3N4O6S. The van der Waals surface area contributed by atoms with Gasteiger partial charge in [-0.25, -0.2) is 14.6 Å². The summed E-state index contributed by atoms with van der Waals surface area (Å²) in [6, 6.07) is 8.06. The van der Waals surface area contributed by atoms with Gasteiger partial charge in [-0.2, -0.15) is 13.2 Å². The lowest BCUT2D eigenvalue weighted by Gasteiger charge is -2.28. The fourth-order valence-corrected chi connectivity index (χ4v) is 5.58. The third-order valence-corrected chi connectivity index (χ3v) is 7.55. The molecule has 1 saturated carbocycles. The molecule has 0 unspecified atom stereocenters. The Kier molecular flexibility index (Phi) is 9.11. The minimum atomic E-state index is -4.71. The number of rotatable bonds is 7. The maximum absolute atomic E-state index is 14.0. The Morgan fingerprint density at radius 3 is 2.37 bits per heavy atom. The Balaban J connectivity index is 1.42. The van der Waals surface area contributed by atoms with Crippen LogP contribution in [0.25, 0.3) is 10.4 Å². The van der Waals surface area contributed by atoms with Crippen molar-refractivity contribution in [1.29, 1.82) is 0 Å². The van der Waals surface area contributed by atoms with Crippen LogP contribution in [0.2, 0.25) is 0 Å². The van der Waals surface area contributed by atoms with Crippen molar-refractivity contribution in [1.82, 2.24) is 10.3 Å². The second kappa shape index (κ2) is 12.5. The predicted octanol–water partition coefficient (Wildman–Crippen LogP) is 7.51. The molecule has 1 aliphatic rings. The fourth-order valence-electron chi connectivity index (χ4n) is 4.46. The van der Waals surface area contributed by atoms with E-state index in [1.165, 1.54) is 41.8 Å². The Morgan fingerprint density at radius 2 is 1.76 bits per heavy atom. The zero-order valence-electron chi connectivity index (χ0n) is 22.1. The van der Waals surface area contributed by atoms with E-state index in [0.29, 0.717) is 17.7 Å². The minimum Gasteiger partial charge on any atom is -0.447 e. The van der Waals surface area contributed by atoms with E-state index in [0.717, 1.165) is 36.0 Å². The summed E-state index contributed by atoms with van der Waals surface area (Å²) in [5.41, 5.74) is -1.36. The van der Waals surface area contributed by atoms with Crippen LogP contribution in [-0.2, 0) is 10.9 Å². The average molecular weight is 593 g/mol. The van der Waals surface area contributed by atoms with E-state index in [1.807, 2.05) is 0 Å². The lowest BCUT2D eigenvalue weighted by atomic mass is 9.86. The number of nitrogens with zero attached hydrogens (tertiary/aromatic N) is 2. The van der Waals surface area contributed by atoms with Crippen molar-refractivity contribution in [3.05, 3.63) is 69.3 Å². The van der Waals surface area contributed by atoms with Crippen molar-refractivity contribution >= 4 is 34.9 Å². The van der Waals surface area contributed by atoms with Crippen LogP contribution in [0.1, 0.15) is 56.0 Å². The molecule has 1 aromatic heterocycles. The van der Waals surface area contributed by atoms with Crippen molar-refractivity contribution in [3.63, 3.8) is 0 Å². The van der Waals surface area contributed by atoms with E-state index < -0.39 is 28.8 Å². The van der Waals surface area contributed by atoms with Gasteiger partial charge in [0.2, 0.25) is 0 Å². The van der Waals surface area contributed by atoms with Crippen molar-refractivity contribution in [2.45, 2.75) is 63.8 Å². The number of aromatic nitrogens is 1.